The molecular formula is C18H27BrN4O3. The maximum Gasteiger partial charge on any atom is 0.319 e. The van der Waals surface area contributed by atoms with Gasteiger partial charge in [0.15, 0.2) is 0 Å². The number of benzene rings is 1. The first-order valence-corrected chi connectivity index (χ1v) is 9.32. The van der Waals surface area contributed by atoms with Crippen LogP contribution in [0.5, 0.6) is 0 Å². The highest BCUT2D eigenvalue weighted by molar-refractivity contribution is 9.10. The van der Waals surface area contributed by atoms with Gasteiger partial charge in [0.25, 0.3) is 0 Å². The molecule has 0 fully saturated rings. The van der Waals surface area contributed by atoms with Gasteiger partial charge in [0, 0.05) is 10.2 Å². The van der Waals surface area contributed by atoms with Gasteiger partial charge in [-0.15, -0.1) is 0 Å². The molecule has 1 aromatic carbocycles. The molecule has 0 bridgehead atoms. The van der Waals surface area contributed by atoms with Crippen LogP contribution in [0.4, 0.5) is 10.5 Å². The smallest absolute Gasteiger partial charge is 0.319 e. The van der Waals surface area contributed by atoms with Crippen molar-refractivity contribution in [1.29, 1.82) is 0 Å². The van der Waals surface area contributed by atoms with E-state index in [2.05, 4.69) is 31.9 Å². The molecule has 8 heteroatoms. The lowest BCUT2D eigenvalue weighted by Gasteiger charge is -2.25. The van der Waals surface area contributed by atoms with Crippen LogP contribution < -0.4 is 21.7 Å². The number of rotatable bonds is 8. The molecule has 1 rings (SSSR count). The Labute approximate surface area is 162 Å². The lowest BCUT2D eigenvalue weighted by Crippen LogP contribution is -2.55. The lowest BCUT2D eigenvalue weighted by molar-refractivity contribution is -0.129. The van der Waals surface area contributed by atoms with E-state index in [0.29, 0.717) is 12.1 Å². The molecule has 2 atom stereocenters. The zero-order valence-corrected chi connectivity index (χ0v) is 17.1. The fraction of sp³-hybridized carbons (Fsp3) is 0.500. The van der Waals surface area contributed by atoms with Crippen LogP contribution in [0.25, 0.3) is 0 Å². The number of amides is 4. The Bertz CT molecular complexity index is 632. The van der Waals surface area contributed by atoms with Gasteiger partial charge in [0.1, 0.15) is 12.1 Å². The Morgan fingerprint density at radius 2 is 1.62 bits per heavy atom. The summed E-state index contributed by atoms with van der Waals surface area (Å²) in [5.74, 6) is -1.00. The van der Waals surface area contributed by atoms with Gasteiger partial charge in [-0.05, 0) is 42.5 Å². The van der Waals surface area contributed by atoms with E-state index in [1.54, 1.807) is 38.1 Å². The number of halogens is 1. The highest BCUT2D eigenvalue weighted by Gasteiger charge is 2.27. The molecule has 0 unspecified atom stereocenters. The van der Waals surface area contributed by atoms with Crippen LogP contribution in [0.15, 0.2) is 28.7 Å². The third-order valence-corrected chi connectivity index (χ3v) is 4.23. The molecule has 26 heavy (non-hydrogen) atoms. The lowest BCUT2D eigenvalue weighted by atomic mass is 10.0. The average Bonchev–Trinajstić information content (AvgIpc) is 2.52. The summed E-state index contributed by atoms with van der Waals surface area (Å²) < 4.78 is 0.895. The van der Waals surface area contributed by atoms with Gasteiger partial charge >= 0.3 is 6.03 Å². The quantitative estimate of drug-likeness (QED) is 0.512. The fourth-order valence-electron chi connectivity index (χ4n) is 2.38. The van der Waals surface area contributed by atoms with Gasteiger partial charge in [-0.3, -0.25) is 9.59 Å². The first-order chi connectivity index (χ1) is 12.1. The maximum atomic E-state index is 12.6. The molecule has 0 spiro atoms. The number of hydrogen-bond acceptors (Lipinski definition) is 3. The number of nitrogens with two attached hydrogens (primary N) is 1. The van der Waals surface area contributed by atoms with E-state index >= 15 is 0 Å². The van der Waals surface area contributed by atoms with Crippen LogP contribution in [0, 0.1) is 11.8 Å². The zero-order chi connectivity index (χ0) is 19.9. The maximum absolute atomic E-state index is 12.6. The molecule has 0 aliphatic carbocycles. The third-order valence-electron chi connectivity index (χ3n) is 3.70. The minimum Gasteiger partial charge on any atom is -0.368 e. The van der Waals surface area contributed by atoms with Crippen molar-refractivity contribution >= 4 is 39.5 Å². The second-order valence-corrected chi connectivity index (χ2v) is 7.84. The SMILES string of the molecule is CC(C)C[C@H](NC(=O)Nc1ccc(Br)cc1)C(=O)N[C@H](C(N)=O)C(C)C. The summed E-state index contributed by atoms with van der Waals surface area (Å²) in [4.78, 5) is 36.3. The first-order valence-electron chi connectivity index (χ1n) is 8.53. The predicted octanol–water partition coefficient (Wildman–Crippen LogP) is 2.61. The van der Waals surface area contributed by atoms with Gasteiger partial charge in [-0.25, -0.2) is 4.79 Å². The second-order valence-electron chi connectivity index (χ2n) is 6.92. The average molecular weight is 427 g/mol. The van der Waals surface area contributed by atoms with Crippen molar-refractivity contribution in [2.45, 2.75) is 46.2 Å². The summed E-state index contributed by atoms with van der Waals surface area (Å²) in [5, 5.41) is 7.99. The Balaban J connectivity index is 2.78. The number of hydrogen-bond donors (Lipinski definition) is 4. The number of anilines is 1. The molecule has 7 nitrogen and oxygen atoms in total. The van der Waals surface area contributed by atoms with E-state index in [9.17, 15) is 14.4 Å². The van der Waals surface area contributed by atoms with Crippen LogP contribution in [0.3, 0.4) is 0 Å². The minimum absolute atomic E-state index is 0.146. The molecular weight excluding hydrogens is 400 g/mol. The van der Waals surface area contributed by atoms with Gasteiger partial charge in [-0.2, -0.15) is 0 Å². The Kier molecular flexibility index (Phi) is 8.57. The number of carbonyl (C=O) groups excluding carboxylic acids is 3. The zero-order valence-electron chi connectivity index (χ0n) is 15.5. The van der Waals surface area contributed by atoms with Crippen LogP contribution in [-0.4, -0.2) is 29.9 Å². The molecule has 0 radical (unpaired) electrons. The number of nitrogens with one attached hydrogen (secondary N) is 3. The van der Waals surface area contributed by atoms with E-state index in [4.69, 9.17) is 5.73 Å². The van der Waals surface area contributed by atoms with Crippen LogP contribution in [0.2, 0.25) is 0 Å². The summed E-state index contributed by atoms with van der Waals surface area (Å²) in [6.07, 6.45) is 0.434. The van der Waals surface area contributed by atoms with Crippen LogP contribution in [0.1, 0.15) is 34.1 Å². The normalized spacial score (nSPS) is 13.2. The molecule has 0 aromatic heterocycles. The molecule has 1 aromatic rings. The summed E-state index contributed by atoms with van der Waals surface area (Å²) >= 11 is 3.33. The van der Waals surface area contributed by atoms with Crippen LogP contribution >= 0.6 is 15.9 Å². The number of carbonyl (C=O) groups is 3. The Hall–Kier alpha value is -2.09. The second kappa shape index (κ2) is 10.2. The fourth-order valence-corrected chi connectivity index (χ4v) is 2.65. The molecule has 0 aliphatic rings. The van der Waals surface area contributed by atoms with Crippen molar-refractivity contribution in [3.8, 4) is 0 Å². The van der Waals surface area contributed by atoms with E-state index < -0.39 is 29.9 Å². The molecule has 0 heterocycles. The number of primary amides is 1. The summed E-state index contributed by atoms with van der Waals surface area (Å²) in [5.41, 5.74) is 5.95. The predicted molar refractivity (Wildman–Crippen MR) is 106 cm³/mol. The Morgan fingerprint density at radius 3 is 2.08 bits per heavy atom. The molecule has 0 saturated heterocycles. The van der Waals surface area contributed by atoms with Crippen molar-refractivity contribution in [3.63, 3.8) is 0 Å². The molecule has 0 saturated carbocycles. The molecule has 144 valence electrons. The first kappa shape index (κ1) is 22.0. The minimum atomic E-state index is -0.784. The van der Waals surface area contributed by atoms with Gasteiger partial charge in [-0.1, -0.05) is 43.6 Å². The van der Waals surface area contributed by atoms with Crippen molar-refractivity contribution in [2.75, 3.05) is 5.32 Å². The van der Waals surface area contributed by atoms with Crippen molar-refractivity contribution in [3.05, 3.63) is 28.7 Å². The largest absolute Gasteiger partial charge is 0.368 e. The summed E-state index contributed by atoms with van der Waals surface area (Å²) in [7, 11) is 0. The van der Waals surface area contributed by atoms with E-state index in [1.165, 1.54) is 0 Å². The van der Waals surface area contributed by atoms with Gasteiger partial charge < -0.3 is 21.7 Å². The van der Waals surface area contributed by atoms with Gasteiger partial charge in [0.2, 0.25) is 11.8 Å². The summed E-state index contributed by atoms with van der Waals surface area (Å²) in [6, 6.07) is 5.03. The van der Waals surface area contributed by atoms with Crippen molar-refractivity contribution < 1.29 is 14.4 Å². The molecule has 4 amide bonds. The highest BCUT2D eigenvalue weighted by Crippen LogP contribution is 2.14. The van der Waals surface area contributed by atoms with Crippen molar-refractivity contribution in [1.82, 2.24) is 10.6 Å². The molecule has 0 aliphatic heterocycles. The highest BCUT2D eigenvalue weighted by atomic mass is 79.9. The molecule has 5 N–H and O–H groups in total. The monoisotopic (exact) mass is 426 g/mol. The van der Waals surface area contributed by atoms with Gasteiger partial charge in [0.05, 0.1) is 0 Å². The summed E-state index contributed by atoms with van der Waals surface area (Å²) in [6.45, 7) is 7.48. The van der Waals surface area contributed by atoms with E-state index in [1.807, 2.05) is 13.8 Å². The topological polar surface area (TPSA) is 113 Å². The Morgan fingerprint density at radius 1 is 1.04 bits per heavy atom. The third kappa shape index (κ3) is 7.43. The number of urea groups is 1. The van der Waals surface area contributed by atoms with Crippen LogP contribution in [-0.2, 0) is 9.59 Å². The van der Waals surface area contributed by atoms with Crippen molar-refractivity contribution in [2.24, 2.45) is 17.6 Å². The standard InChI is InChI=1S/C18H27BrN4O3/c1-10(2)9-14(17(25)23-15(11(3)4)16(20)24)22-18(26)21-13-7-5-12(19)6-8-13/h5-8,10-11,14-15H,9H2,1-4H3,(H2,20,24)(H,23,25)(H2,21,22,26)/t14-,15-/m0/s1. The van der Waals surface area contributed by atoms with E-state index in [-0.39, 0.29) is 11.8 Å². The van der Waals surface area contributed by atoms with E-state index in [0.717, 1.165) is 4.47 Å².